The normalized spacial score (nSPS) is 10.3. The molecule has 2 heterocycles. The first-order valence-electron chi connectivity index (χ1n) is 4.82. The van der Waals surface area contributed by atoms with Crippen molar-refractivity contribution >= 4 is 0 Å². The Morgan fingerprint density at radius 1 is 1.25 bits per heavy atom. The maximum absolute atomic E-state index is 11.3. The fourth-order valence-electron chi connectivity index (χ4n) is 1.47. The summed E-state index contributed by atoms with van der Waals surface area (Å²) in [4.78, 5) is 22.5. The van der Waals surface area contributed by atoms with Crippen molar-refractivity contribution in [2.24, 2.45) is 0 Å². The minimum Gasteiger partial charge on any atom is -0.466 e. The van der Waals surface area contributed by atoms with E-state index in [4.69, 9.17) is 8.83 Å². The molecule has 0 fully saturated rings. The maximum Gasteiger partial charge on any atom is 0.339 e. The van der Waals surface area contributed by atoms with Crippen LogP contribution in [0.4, 0.5) is 0 Å². The lowest BCUT2D eigenvalue weighted by molar-refractivity contribution is 0.463. The summed E-state index contributed by atoms with van der Waals surface area (Å²) in [5.74, 6) is 0.992. The summed E-state index contributed by atoms with van der Waals surface area (Å²) in [7, 11) is 0. The van der Waals surface area contributed by atoms with Crippen molar-refractivity contribution in [3.63, 3.8) is 0 Å². The van der Waals surface area contributed by atoms with Gasteiger partial charge in [0.05, 0.1) is 6.26 Å². The molecule has 0 amide bonds. The molecule has 0 spiro atoms. The highest BCUT2D eigenvalue weighted by atomic mass is 16.4. The largest absolute Gasteiger partial charge is 0.466 e. The van der Waals surface area contributed by atoms with Crippen molar-refractivity contribution in [2.75, 3.05) is 0 Å². The summed E-state index contributed by atoms with van der Waals surface area (Å²) in [5.41, 5.74) is -0.0676. The first-order chi connectivity index (χ1) is 7.65. The van der Waals surface area contributed by atoms with Gasteiger partial charge in [0.15, 0.2) is 5.43 Å². The Kier molecular flexibility index (Phi) is 2.72. The smallest absolute Gasteiger partial charge is 0.339 e. The molecule has 4 nitrogen and oxygen atoms in total. The Bertz CT molecular complexity index is 607. The van der Waals surface area contributed by atoms with Gasteiger partial charge < -0.3 is 8.83 Å². The van der Waals surface area contributed by atoms with Gasteiger partial charge in [0.25, 0.3) is 0 Å². The van der Waals surface area contributed by atoms with Gasteiger partial charge in [-0.2, -0.15) is 0 Å². The van der Waals surface area contributed by atoms with E-state index in [1.54, 1.807) is 19.1 Å². The van der Waals surface area contributed by atoms with Crippen LogP contribution in [-0.2, 0) is 6.42 Å². The van der Waals surface area contributed by atoms with Crippen molar-refractivity contribution in [1.82, 2.24) is 0 Å². The third-order valence-corrected chi connectivity index (χ3v) is 2.12. The Morgan fingerprint density at radius 3 is 2.75 bits per heavy atom. The van der Waals surface area contributed by atoms with Crippen molar-refractivity contribution in [3.05, 3.63) is 68.3 Å². The Hall–Kier alpha value is -2.10. The molecule has 0 aliphatic rings. The molecule has 0 radical (unpaired) electrons. The summed E-state index contributed by atoms with van der Waals surface area (Å²) >= 11 is 0. The molecule has 0 bridgehead atoms. The molecule has 0 atom stereocenters. The minimum atomic E-state index is -0.411. The van der Waals surface area contributed by atoms with E-state index < -0.39 is 5.63 Å². The molecule has 0 saturated carbocycles. The lowest BCUT2D eigenvalue weighted by atomic mass is 10.1. The number of hydrogen-bond donors (Lipinski definition) is 0. The van der Waals surface area contributed by atoms with Crippen LogP contribution in [0.3, 0.4) is 0 Å². The van der Waals surface area contributed by atoms with Crippen LogP contribution < -0.4 is 11.1 Å². The zero-order valence-electron chi connectivity index (χ0n) is 8.73. The molecule has 2 aromatic heterocycles. The van der Waals surface area contributed by atoms with E-state index in [2.05, 4.69) is 0 Å². The SMILES string of the molecule is Cc1cc(=O)cc(Cc2cccoc2=O)o1. The summed E-state index contributed by atoms with van der Waals surface area (Å²) in [6.45, 7) is 1.69. The van der Waals surface area contributed by atoms with Gasteiger partial charge in [-0.25, -0.2) is 4.79 Å². The quantitative estimate of drug-likeness (QED) is 0.766. The minimum absolute atomic E-state index is 0.126. The molecule has 82 valence electrons. The molecule has 0 saturated heterocycles. The van der Waals surface area contributed by atoms with Gasteiger partial charge in [-0.15, -0.1) is 0 Å². The second-order valence-corrected chi connectivity index (χ2v) is 3.47. The lowest BCUT2D eigenvalue weighted by Gasteiger charge is -2.00. The predicted molar refractivity (Wildman–Crippen MR) is 57.5 cm³/mol. The summed E-state index contributed by atoms with van der Waals surface area (Å²) in [5, 5.41) is 0. The maximum atomic E-state index is 11.3. The van der Waals surface area contributed by atoms with Crippen molar-refractivity contribution in [2.45, 2.75) is 13.3 Å². The van der Waals surface area contributed by atoms with Crippen LogP contribution in [0.15, 0.2) is 49.0 Å². The standard InChI is InChI=1S/C12H10O4/c1-8-5-10(13)7-11(16-8)6-9-3-2-4-15-12(9)14/h2-5,7H,6H2,1H3. The molecule has 16 heavy (non-hydrogen) atoms. The van der Waals surface area contributed by atoms with Gasteiger partial charge in [0, 0.05) is 24.1 Å². The van der Waals surface area contributed by atoms with Gasteiger partial charge in [-0.3, -0.25) is 4.79 Å². The third-order valence-electron chi connectivity index (χ3n) is 2.12. The predicted octanol–water partition coefficient (Wildman–Crippen LogP) is 1.49. The molecule has 0 aliphatic heterocycles. The molecule has 2 rings (SSSR count). The van der Waals surface area contributed by atoms with Gasteiger partial charge >= 0.3 is 5.63 Å². The number of rotatable bonds is 2. The molecule has 0 unspecified atom stereocenters. The van der Waals surface area contributed by atoms with E-state index in [-0.39, 0.29) is 11.8 Å². The highest BCUT2D eigenvalue weighted by molar-refractivity contribution is 5.16. The monoisotopic (exact) mass is 218 g/mol. The molecule has 0 aliphatic carbocycles. The van der Waals surface area contributed by atoms with Gasteiger partial charge in [0.1, 0.15) is 11.5 Å². The van der Waals surface area contributed by atoms with Gasteiger partial charge in [-0.1, -0.05) is 0 Å². The molecule has 0 N–H and O–H groups in total. The van der Waals surface area contributed by atoms with Crippen LogP contribution in [-0.4, -0.2) is 0 Å². The zero-order valence-corrected chi connectivity index (χ0v) is 8.73. The highest BCUT2D eigenvalue weighted by Crippen LogP contribution is 2.05. The van der Waals surface area contributed by atoms with Crippen molar-refractivity contribution in [1.29, 1.82) is 0 Å². The van der Waals surface area contributed by atoms with Crippen LogP contribution in [0, 0.1) is 6.92 Å². The van der Waals surface area contributed by atoms with Gasteiger partial charge in [0.2, 0.25) is 0 Å². The summed E-state index contributed by atoms with van der Waals surface area (Å²) in [6, 6.07) is 6.05. The van der Waals surface area contributed by atoms with Crippen LogP contribution >= 0.6 is 0 Å². The first-order valence-corrected chi connectivity index (χ1v) is 4.82. The van der Waals surface area contributed by atoms with E-state index in [0.717, 1.165) is 0 Å². The number of aryl methyl sites for hydroxylation is 1. The van der Waals surface area contributed by atoms with Crippen LogP contribution in [0.2, 0.25) is 0 Å². The van der Waals surface area contributed by atoms with Crippen LogP contribution in [0.25, 0.3) is 0 Å². The summed E-state index contributed by atoms with van der Waals surface area (Å²) in [6.07, 6.45) is 1.58. The van der Waals surface area contributed by atoms with Crippen molar-refractivity contribution < 1.29 is 8.83 Å². The summed E-state index contributed by atoms with van der Waals surface area (Å²) < 4.78 is 10.1. The Labute approximate surface area is 91.2 Å². The van der Waals surface area contributed by atoms with Gasteiger partial charge in [-0.05, 0) is 19.1 Å². The zero-order chi connectivity index (χ0) is 11.5. The number of hydrogen-bond acceptors (Lipinski definition) is 4. The average Bonchev–Trinajstić information content (AvgIpc) is 2.20. The topological polar surface area (TPSA) is 60.4 Å². The van der Waals surface area contributed by atoms with Crippen LogP contribution in [0.5, 0.6) is 0 Å². The van der Waals surface area contributed by atoms with E-state index in [1.165, 1.54) is 18.4 Å². The fraction of sp³-hybridized carbons (Fsp3) is 0.167. The molecular weight excluding hydrogens is 208 g/mol. The van der Waals surface area contributed by atoms with E-state index in [0.29, 0.717) is 17.1 Å². The molecule has 0 aromatic carbocycles. The molecule has 4 heteroatoms. The second kappa shape index (κ2) is 4.18. The van der Waals surface area contributed by atoms with Crippen molar-refractivity contribution in [3.8, 4) is 0 Å². The highest BCUT2D eigenvalue weighted by Gasteiger charge is 2.05. The second-order valence-electron chi connectivity index (χ2n) is 3.47. The van der Waals surface area contributed by atoms with E-state index >= 15 is 0 Å². The Morgan fingerprint density at radius 2 is 2.06 bits per heavy atom. The lowest BCUT2D eigenvalue weighted by Crippen LogP contribution is -2.08. The molecule has 2 aromatic rings. The first kappa shape index (κ1) is 10.4. The Balaban J connectivity index is 2.38. The fourth-order valence-corrected chi connectivity index (χ4v) is 1.47. The molecular formula is C12H10O4. The average molecular weight is 218 g/mol. The third kappa shape index (κ3) is 2.28. The van der Waals surface area contributed by atoms with E-state index in [1.807, 2.05) is 0 Å². The van der Waals surface area contributed by atoms with Crippen LogP contribution in [0.1, 0.15) is 17.1 Å². The van der Waals surface area contributed by atoms with E-state index in [9.17, 15) is 9.59 Å².